The maximum absolute atomic E-state index is 11.9. The summed E-state index contributed by atoms with van der Waals surface area (Å²) in [7, 11) is 0. The summed E-state index contributed by atoms with van der Waals surface area (Å²) in [4.78, 5) is 23.0. The van der Waals surface area contributed by atoms with Gasteiger partial charge in [-0.1, -0.05) is 41.4 Å². The zero-order chi connectivity index (χ0) is 16.1. The maximum Gasteiger partial charge on any atom is 0.248 e. The van der Waals surface area contributed by atoms with Crippen LogP contribution >= 0.6 is 23.2 Å². The fourth-order valence-corrected chi connectivity index (χ4v) is 2.25. The Kier molecular flexibility index (Phi) is 5.41. The van der Waals surface area contributed by atoms with Crippen molar-refractivity contribution in [3.63, 3.8) is 0 Å². The zero-order valence-corrected chi connectivity index (χ0v) is 13.1. The van der Waals surface area contributed by atoms with Gasteiger partial charge < -0.3 is 11.1 Å². The Bertz CT molecular complexity index is 717. The summed E-state index contributed by atoms with van der Waals surface area (Å²) in [5, 5.41) is 3.65. The summed E-state index contributed by atoms with van der Waals surface area (Å²) in [6.07, 6.45) is 0.201. The summed E-state index contributed by atoms with van der Waals surface area (Å²) in [6, 6.07) is 11.9. The molecular formula is C16H14Cl2N2O2. The number of halogens is 2. The lowest BCUT2D eigenvalue weighted by Gasteiger charge is -2.07. The molecule has 0 fully saturated rings. The largest absolute Gasteiger partial charge is 0.366 e. The number of benzene rings is 2. The zero-order valence-electron chi connectivity index (χ0n) is 11.6. The van der Waals surface area contributed by atoms with E-state index in [2.05, 4.69) is 5.32 Å². The highest BCUT2D eigenvalue weighted by atomic mass is 35.5. The summed E-state index contributed by atoms with van der Waals surface area (Å²) in [6.45, 7) is 0.321. The average molecular weight is 337 g/mol. The topological polar surface area (TPSA) is 72.2 Å². The monoisotopic (exact) mass is 336 g/mol. The second-order valence-corrected chi connectivity index (χ2v) is 5.58. The molecule has 2 amide bonds. The van der Waals surface area contributed by atoms with Crippen molar-refractivity contribution in [3.8, 4) is 0 Å². The van der Waals surface area contributed by atoms with E-state index in [-0.39, 0.29) is 12.3 Å². The SMILES string of the molecule is NC(=O)c1cccc(CNC(=O)Cc2ccc(Cl)c(Cl)c2)c1. The number of nitrogens with two attached hydrogens (primary N) is 1. The Morgan fingerprint density at radius 2 is 1.77 bits per heavy atom. The summed E-state index contributed by atoms with van der Waals surface area (Å²) < 4.78 is 0. The molecule has 2 aromatic carbocycles. The van der Waals surface area contributed by atoms with Gasteiger partial charge in [-0.25, -0.2) is 0 Å². The predicted molar refractivity (Wildman–Crippen MR) is 87.0 cm³/mol. The van der Waals surface area contributed by atoms with Crippen molar-refractivity contribution in [2.45, 2.75) is 13.0 Å². The standard InChI is InChI=1S/C16H14Cl2N2O2/c17-13-5-4-10(7-14(13)18)8-15(21)20-9-11-2-1-3-12(6-11)16(19)22/h1-7H,8-9H2,(H2,19,22)(H,20,21). The molecule has 0 radical (unpaired) electrons. The predicted octanol–water partition coefficient (Wildman–Crippen LogP) is 2.95. The molecule has 0 atom stereocenters. The highest BCUT2D eigenvalue weighted by Gasteiger charge is 2.07. The lowest BCUT2D eigenvalue weighted by molar-refractivity contribution is -0.120. The third-order valence-corrected chi connectivity index (χ3v) is 3.79. The first-order valence-corrected chi connectivity index (χ1v) is 7.30. The van der Waals surface area contributed by atoms with Gasteiger partial charge in [0.15, 0.2) is 0 Å². The van der Waals surface area contributed by atoms with Crippen LogP contribution in [0.3, 0.4) is 0 Å². The Hall–Kier alpha value is -2.04. The van der Waals surface area contributed by atoms with E-state index in [9.17, 15) is 9.59 Å². The molecule has 3 N–H and O–H groups in total. The minimum atomic E-state index is -0.496. The molecule has 22 heavy (non-hydrogen) atoms. The van der Waals surface area contributed by atoms with Crippen LogP contribution in [0.4, 0.5) is 0 Å². The molecule has 114 valence electrons. The molecule has 6 heteroatoms. The number of nitrogens with one attached hydrogen (secondary N) is 1. The van der Waals surface area contributed by atoms with Crippen LogP contribution in [0.5, 0.6) is 0 Å². The van der Waals surface area contributed by atoms with E-state index in [4.69, 9.17) is 28.9 Å². The molecule has 0 aliphatic rings. The van der Waals surface area contributed by atoms with Gasteiger partial charge in [0.25, 0.3) is 0 Å². The van der Waals surface area contributed by atoms with Crippen molar-refractivity contribution in [2.24, 2.45) is 5.73 Å². The highest BCUT2D eigenvalue weighted by Crippen LogP contribution is 2.22. The number of rotatable bonds is 5. The second kappa shape index (κ2) is 7.29. The van der Waals surface area contributed by atoms with E-state index in [1.807, 2.05) is 6.07 Å². The summed E-state index contributed by atoms with van der Waals surface area (Å²) in [5.41, 5.74) is 7.21. The molecule has 0 aliphatic carbocycles. The molecular weight excluding hydrogens is 323 g/mol. The number of hydrogen-bond acceptors (Lipinski definition) is 2. The molecule has 0 aromatic heterocycles. The van der Waals surface area contributed by atoms with Crippen molar-refractivity contribution < 1.29 is 9.59 Å². The van der Waals surface area contributed by atoms with Gasteiger partial charge in [0.1, 0.15) is 0 Å². The van der Waals surface area contributed by atoms with Gasteiger partial charge in [-0.15, -0.1) is 0 Å². The molecule has 0 aliphatic heterocycles. The first-order chi connectivity index (χ1) is 10.5. The normalized spacial score (nSPS) is 10.3. The first-order valence-electron chi connectivity index (χ1n) is 6.55. The Balaban J connectivity index is 1.94. The van der Waals surface area contributed by atoms with Crippen molar-refractivity contribution in [1.29, 1.82) is 0 Å². The van der Waals surface area contributed by atoms with Crippen LogP contribution in [-0.2, 0) is 17.8 Å². The van der Waals surface area contributed by atoms with E-state index >= 15 is 0 Å². The molecule has 0 heterocycles. The fraction of sp³-hybridized carbons (Fsp3) is 0.125. The third-order valence-electron chi connectivity index (χ3n) is 3.05. The third kappa shape index (κ3) is 4.48. The van der Waals surface area contributed by atoms with Gasteiger partial charge in [-0.2, -0.15) is 0 Å². The number of hydrogen-bond donors (Lipinski definition) is 2. The quantitative estimate of drug-likeness (QED) is 0.880. The first kappa shape index (κ1) is 16.3. The molecule has 0 unspecified atom stereocenters. The van der Waals surface area contributed by atoms with E-state index in [1.165, 1.54) is 0 Å². The fourth-order valence-electron chi connectivity index (χ4n) is 1.93. The average Bonchev–Trinajstić information content (AvgIpc) is 2.49. The van der Waals surface area contributed by atoms with Crippen LogP contribution in [0.15, 0.2) is 42.5 Å². The van der Waals surface area contributed by atoms with Crippen LogP contribution < -0.4 is 11.1 Å². The lowest BCUT2D eigenvalue weighted by Crippen LogP contribution is -2.24. The summed E-state index contributed by atoms with van der Waals surface area (Å²) in [5.74, 6) is -0.646. The molecule has 2 aromatic rings. The number of carbonyl (C=O) groups excluding carboxylic acids is 2. The summed E-state index contributed by atoms with van der Waals surface area (Å²) >= 11 is 11.7. The van der Waals surface area contributed by atoms with Crippen molar-refractivity contribution in [3.05, 3.63) is 69.2 Å². The van der Waals surface area contributed by atoms with Gasteiger partial charge in [0.05, 0.1) is 16.5 Å². The Morgan fingerprint density at radius 1 is 1.00 bits per heavy atom. The van der Waals surface area contributed by atoms with Gasteiger partial charge >= 0.3 is 0 Å². The molecule has 0 saturated heterocycles. The lowest BCUT2D eigenvalue weighted by atomic mass is 10.1. The van der Waals surface area contributed by atoms with E-state index in [1.54, 1.807) is 36.4 Å². The molecule has 0 saturated carbocycles. The minimum absolute atomic E-state index is 0.150. The van der Waals surface area contributed by atoms with Crippen molar-refractivity contribution >= 4 is 35.0 Å². The van der Waals surface area contributed by atoms with Crippen LogP contribution in [0.1, 0.15) is 21.5 Å². The number of carbonyl (C=O) groups is 2. The maximum atomic E-state index is 11.9. The number of amides is 2. The van der Waals surface area contributed by atoms with Gasteiger partial charge in [0.2, 0.25) is 11.8 Å². The van der Waals surface area contributed by atoms with Gasteiger partial charge in [-0.05, 0) is 35.4 Å². The highest BCUT2D eigenvalue weighted by molar-refractivity contribution is 6.42. The smallest absolute Gasteiger partial charge is 0.248 e. The van der Waals surface area contributed by atoms with Crippen LogP contribution in [0.2, 0.25) is 10.0 Å². The van der Waals surface area contributed by atoms with Crippen LogP contribution in [0.25, 0.3) is 0 Å². The Labute approximate surface area is 138 Å². The van der Waals surface area contributed by atoms with E-state index in [0.29, 0.717) is 22.2 Å². The molecule has 0 bridgehead atoms. The van der Waals surface area contributed by atoms with E-state index in [0.717, 1.165) is 11.1 Å². The van der Waals surface area contributed by atoms with Crippen molar-refractivity contribution in [2.75, 3.05) is 0 Å². The van der Waals surface area contributed by atoms with Crippen LogP contribution in [-0.4, -0.2) is 11.8 Å². The van der Waals surface area contributed by atoms with Gasteiger partial charge in [-0.3, -0.25) is 9.59 Å². The minimum Gasteiger partial charge on any atom is -0.366 e. The van der Waals surface area contributed by atoms with E-state index < -0.39 is 5.91 Å². The molecule has 0 spiro atoms. The number of primary amides is 1. The Morgan fingerprint density at radius 3 is 2.45 bits per heavy atom. The van der Waals surface area contributed by atoms with Gasteiger partial charge in [0, 0.05) is 12.1 Å². The molecule has 4 nitrogen and oxygen atoms in total. The van der Waals surface area contributed by atoms with Crippen LogP contribution in [0, 0.1) is 0 Å². The van der Waals surface area contributed by atoms with Crippen molar-refractivity contribution in [1.82, 2.24) is 5.32 Å². The molecule has 2 rings (SSSR count). The second-order valence-electron chi connectivity index (χ2n) is 4.77.